The van der Waals surface area contributed by atoms with E-state index in [0.717, 1.165) is 23.7 Å². The smallest absolute Gasteiger partial charge is 0.268 e. The van der Waals surface area contributed by atoms with Crippen molar-refractivity contribution < 1.29 is 9.59 Å². The van der Waals surface area contributed by atoms with Crippen LogP contribution in [0.1, 0.15) is 49.0 Å². The number of aromatic amines is 1. The average molecular weight is 377 g/mol. The van der Waals surface area contributed by atoms with Crippen LogP contribution in [0.4, 0.5) is 0 Å². The van der Waals surface area contributed by atoms with Crippen LogP contribution in [0.25, 0.3) is 10.9 Å². The highest BCUT2D eigenvalue weighted by Crippen LogP contribution is 2.28. The third-order valence-electron chi connectivity index (χ3n) is 5.05. The van der Waals surface area contributed by atoms with Crippen LogP contribution in [-0.4, -0.2) is 46.8 Å². The van der Waals surface area contributed by atoms with Crippen molar-refractivity contribution in [1.29, 1.82) is 0 Å². The van der Waals surface area contributed by atoms with Gasteiger partial charge in [0.1, 0.15) is 16.9 Å². The molecule has 6 nitrogen and oxygen atoms in total. The minimum absolute atomic E-state index is 0.0651. The van der Waals surface area contributed by atoms with E-state index in [2.05, 4.69) is 15.3 Å². The van der Waals surface area contributed by atoms with E-state index in [9.17, 15) is 9.59 Å². The summed E-state index contributed by atoms with van der Waals surface area (Å²) < 4.78 is 0. The fraction of sp³-hybridized carbons (Fsp3) is 0.526. The maximum Gasteiger partial charge on any atom is 0.268 e. The molecule has 0 spiro atoms. The summed E-state index contributed by atoms with van der Waals surface area (Å²) in [6, 6.07) is 2.93. The van der Waals surface area contributed by atoms with E-state index in [-0.39, 0.29) is 11.8 Å². The Kier molecular flexibility index (Phi) is 5.81. The van der Waals surface area contributed by atoms with Crippen LogP contribution in [0.2, 0.25) is 5.15 Å². The quantitative estimate of drug-likeness (QED) is 0.785. The number of rotatable bonds is 5. The van der Waals surface area contributed by atoms with E-state index in [4.69, 9.17) is 11.6 Å². The Bertz CT molecular complexity index is 796. The molecule has 7 heteroatoms. The number of carbonyl (C=O) groups is 2. The van der Waals surface area contributed by atoms with Crippen molar-refractivity contribution >= 4 is 34.3 Å². The number of nitrogens with one attached hydrogen (secondary N) is 2. The number of halogens is 1. The molecule has 0 aliphatic heterocycles. The van der Waals surface area contributed by atoms with Crippen LogP contribution in [0.15, 0.2) is 18.3 Å². The van der Waals surface area contributed by atoms with Gasteiger partial charge in [-0.3, -0.25) is 9.59 Å². The first-order valence-electron chi connectivity index (χ1n) is 9.10. The molecule has 140 valence electrons. The van der Waals surface area contributed by atoms with Gasteiger partial charge in [-0.25, -0.2) is 4.98 Å². The van der Waals surface area contributed by atoms with Gasteiger partial charge in [0.05, 0.1) is 11.7 Å². The van der Waals surface area contributed by atoms with E-state index in [1.54, 1.807) is 37.3 Å². The standard InChI is InChI=1S/C19H25ClN4O2/c1-24(2)19(26)15(8-12-6-4-3-5-7-12)23-18(25)14-9-13-10-17(20)21-11-16(13)22-14/h9-12,15,22H,3-8H2,1-2H3,(H,23,25)/t15-/m0/s1. The summed E-state index contributed by atoms with van der Waals surface area (Å²) in [4.78, 5) is 33.9. The van der Waals surface area contributed by atoms with Gasteiger partial charge in [0.2, 0.25) is 5.91 Å². The zero-order chi connectivity index (χ0) is 18.7. The Hall–Kier alpha value is -2.08. The van der Waals surface area contributed by atoms with Crippen LogP contribution in [0.3, 0.4) is 0 Å². The molecule has 0 unspecified atom stereocenters. The first-order chi connectivity index (χ1) is 12.4. The Balaban J connectivity index is 1.75. The fourth-order valence-corrected chi connectivity index (χ4v) is 3.82. The van der Waals surface area contributed by atoms with E-state index in [1.807, 2.05) is 0 Å². The highest BCUT2D eigenvalue weighted by Gasteiger charge is 2.27. The summed E-state index contributed by atoms with van der Waals surface area (Å²) in [6.45, 7) is 0. The minimum Gasteiger partial charge on any atom is -0.349 e. The maximum atomic E-state index is 12.7. The predicted octanol–water partition coefficient (Wildman–Crippen LogP) is 3.37. The number of aromatic nitrogens is 2. The van der Waals surface area contributed by atoms with Crippen molar-refractivity contribution in [1.82, 2.24) is 20.2 Å². The number of H-pyrrole nitrogens is 1. The molecule has 1 aliphatic rings. The van der Waals surface area contributed by atoms with Crippen molar-refractivity contribution in [3.8, 4) is 0 Å². The molecule has 1 atom stereocenters. The van der Waals surface area contributed by atoms with Crippen molar-refractivity contribution in [2.24, 2.45) is 5.92 Å². The second-order valence-corrected chi connectivity index (χ2v) is 7.66. The summed E-state index contributed by atoms with van der Waals surface area (Å²) in [5, 5.41) is 4.12. The molecular formula is C19H25ClN4O2. The predicted molar refractivity (Wildman–Crippen MR) is 102 cm³/mol. The molecule has 3 rings (SSSR count). The zero-order valence-electron chi connectivity index (χ0n) is 15.2. The molecule has 2 amide bonds. The summed E-state index contributed by atoms with van der Waals surface area (Å²) in [6.07, 6.45) is 8.22. The lowest BCUT2D eigenvalue weighted by molar-refractivity contribution is -0.131. The second-order valence-electron chi connectivity index (χ2n) is 7.28. The van der Waals surface area contributed by atoms with Gasteiger partial charge < -0.3 is 15.2 Å². The van der Waals surface area contributed by atoms with Gasteiger partial charge in [-0.15, -0.1) is 0 Å². The number of pyridine rings is 1. The molecule has 2 aromatic rings. The van der Waals surface area contributed by atoms with Crippen LogP contribution >= 0.6 is 11.6 Å². The molecule has 1 aliphatic carbocycles. The first kappa shape index (κ1) is 18.7. The molecular weight excluding hydrogens is 352 g/mol. The van der Waals surface area contributed by atoms with E-state index >= 15 is 0 Å². The number of hydrogen-bond donors (Lipinski definition) is 2. The van der Waals surface area contributed by atoms with Crippen molar-refractivity contribution in [2.75, 3.05) is 14.1 Å². The fourth-order valence-electron chi connectivity index (χ4n) is 3.65. The minimum atomic E-state index is -0.506. The maximum absolute atomic E-state index is 12.7. The number of likely N-dealkylation sites (N-methyl/N-ethyl adjacent to an activating group) is 1. The molecule has 1 fully saturated rings. The summed E-state index contributed by atoms with van der Waals surface area (Å²) in [5.41, 5.74) is 1.14. The number of nitrogens with zero attached hydrogens (tertiary/aromatic N) is 2. The molecule has 2 N–H and O–H groups in total. The molecule has 0 aromatic carbocycles. The summed E-state index contributed by atoms with van der Waals surface area (Å²) in [5.74, 6) is 0.141. The number of amides is 2. The largest absolute Gasteiger partial charge is 0.349 e. The van der Waals surface area contributed by atoms with Gasteiger partial charge >= 0.3 is 0 Å². The molecule has 2 heterocycles. The van der Waals surface area contributed by atoms with Gasteiger partial charge in [0.25, 0.3) is 5.91 Å². The van der Waals surface area contributed by atoms with Crippen LogP contribution in [0, 0.1) is 5.92 Å². The lowest BCUT2D eigenvalue weighted by atomic mass is 9.84. The van der Waals surface area contributed by atoms with Crippen LogP contribution in [-0.2, 0) is 4.79 Å². The SMILES string of the molecule is CN(C)C(=O)[C@H](CC1CCCCC1)NC(=O)c1cc2cc(Cl)ncc2[nH]1. The van der Waals surface area contributed by atoms with Crippen molar-refractivity contribution in [3.05, 3.63) is 29.2 Å². The Morgan fingerprint density at radius 3 is 2.73 bits per heavy atom. The Morgan fingerprint density at radius 1 is 1.31 bits per heavy atom. The first-order valence-corrected chi connectivity index (χ1v) is 9.48. The lowest BCUT2D eigenvalue weighted by Gasteiger charge is -2.28. The summed E-state index contributed by atoms with van der Waals surface area (Å²) >= 11 is 5.90. The molecule has 26 heavy (non-hydrogen) atoms. The monoisotopic (exact) mass is 376 g/mol. The topological polar surface area (TPSA) is 78.1 Å². The van der Waals surface area contributed by atoms with E-state index in [1.165, 1.54) is 19.3 Å². The third kappa shape index (κ3) is 4.36. The van der Waals surface area contributed by atoms with E-state index < -0.39 is 6.04 Å². The molecule has 0 radical (unpaired) electrons. The summed E-state index contributed by atoms with van der Waals surface area (Å²) in [7, 11) is 3.44. The van der Waals surface area contributed by atoms with Crippen molar-refractivity contribution in [2.45, 2.75) is 44.6 Å². The lowest BCUT2D eigenvalue weighted by Crippen LogP contribution is -2.47. The third-order valence-corrected chi connectivity index (χ3v) is 5.26. The van der Waals surface area contributed by atoms with Gasteiger partial charge in [-0.1, -0.05) is 43.7 Å². The number of carbonyl (C=O) groups excluding carboxylic acids is 2. The average Bonchev–Trinajstić information content (AvgIpc) is 3.04. The molecule has 0 bridgehead atoms. The molecule has 0 saturated heterocycles. The Labute approximate surface area is 158 Å². The van der Waals surface area contributed by atoms with E-state index in [0.29, 0.717) is 23.2 Å². The molecule has 2 aromatic heterocycles. The second kappa shape index (κ2) is 8.08. The number of fused-ring (bicyclic) bond motifs is 1. The zero-order valence-corrected chi connectivity index (χ0v) is 16.0. The van der Waals surface area contributed by atoms with Gasteiger partial charge in [0.15, 0.2) is 0 Å². The highest BCUT2D eigenvalue weighted by atomic mass is 35.5. The van der Waals surface area contributed by atoms with Gasteiger partial charge in [-0.05, 0) is 24.5 Å². The van der Waals surface area contributed by atoms with Gasteiger partial charge in [-0.2, -0.15) is 0 Å². The van der Waals surface area contributed by atoms with Crippen LogP contribution in [0.5, 0.6) is 0 Å². The number of hydrogen-bond acceptors (Lipinski definition) is 3. The van der Waals surface area contributed by atoms with Crippen LogP contribution < -0.4 is 5.32 Å². The Morgan fingerprint density at radius 2 is 2.04 bits per heavy atom. The highest BCUT2D eigenvalue weighted by molar-refractivity contribution is 6.30. The normalized spacial score (nSPS) is 16.4. The molecule has 1 saturated carbocycles. The van der Waals surface area contributed by atoms with Gasteiger partial charge in [0, 0.05) is 19.5 Å². The van der Waals surface area contributed by atoms with Crippen molar-refractivity contribution in [3.63, 3.8) is 0 Å².